The Hall–Kier alpha value is -2.38. The molecule has 0 aliphatic carbocycles. The smallest absolute Gasteiger partial charge is 0.334 e. The topological polar surface area (TPSA) is 89.2 Å². The molecular formula is C16H17NO6. The number of nitrogens with zero attached hydrogens (tertiary/aromatic N) is 1. The molecule has 122 valence electrons. The van der Waals surface area contributed by atoms with Gasteiger partial charge in [-0.05, 0) is 6.07 Å². The van der Waals surface area contributed by atoms with E-state index in [9.17, 15) is 9.59 Å². The minimum Gasteiger partial charge on any atom is -0.479 e. The summed E-state index contributed by atoms with van der Waals surface area (Å²) in [4.78, 5) is 25.3. The molecule has 0 spiro atoms. The first-order chi connectivity index (χ1) is 11.1. The van der Waals surface area contributed by atoms with Crippen LogP contribution in [-0.4, -0.2) is 54.8 Å². The van der Waals surface area contributed by atoms with Crippen molar-refractivity contribution in [2.45, 2.75) is 12.7 Å². The van der Waals surface area contributed by atoms with E-state index < -0.39 is 12.1 Å². The SMILES string of the molecule is COCc1c(C(=O)N2CCOC(C(=O)O)C2)oc2ccccc12. The van der Waals surface area contributed by atoms with Gasteiger partial charge < -0.3 is 23.9 Å². The molecule has 0 bridgehead atoms. The Morgan fingerprint density at radius 3 is 2.91 bits per heavy atom. The molecule has 3 rings (SSSR count). The van der Waals surface area contributed by atoms with Crippen molar-refractivity contribution in [1.29, 1.82) is 0 Å². The molecule has 7 nitrogen and oxygen atoms in total. The fraction of sp³-hybridized carbons (Fsp3) is 0.375. The Labute approximate surface area is 132 Å². The maximum absolute atomic E-state index is 12.8. The number of hydrogen-bond acceptors (Lipinski definition) is 5. The zero-order valence-corrected chi connectivity index (χ0v) is 12.7. The highest BCUT2D eigenvalue weighted by Crippen LogP contribution is 2.28. The van der Waals surface area contributed by atoms with Gasteiger partial charge in [0.15, 0.2) is 11.9 Å². The van der Waals surface area contributed by atoms with E-state index in [4.69, 9.17) is 19.0 Å². The highest BCUT2D eigenvalue weighted by Gasteiger charge is 2.32. The first kappa shape index (κ1) is 15.5. The van der Waals surface area contributed by atoms with Crippen molar-refractivity contribution in [1.82, 2.24) is 4.90 Å². The van der Waals surface area contributed by atoms with Crippen molar-refractivity contribution in [2.24, 2.45) is 0 Å². The molecule has 2 heterocycles. The number of methoxy groups -OCH3 is 1. The Bertz CT molecular complexity index is 737. The van der Waals surface area contributed by atoms with Gasteiger partial charge in [-0.15, -0.1) is 0 Å². The standard InChI is InChI=1S/C16H17NO6/c1-21-9-11-10-4-2-3-5-12(10)23-14(11)15(18)17-6-7-22-13(8-17)16(19)20/h2-5,13H,6-9H2,1H3,(H,19,20). The van der Waals surface area contributed by atoms with Crippen LogP contribution in [0.1, 0.15) is 16.1 Å². The van der Waals surface area contributed by atoms with E-state index in [2.05, 4.69) is 0 Å². The lowest BCUT2D eigenvalue weighted by atomic mass is 10.1. The molecule has 1 saturated heterocycles. The van der Waals surface area contributed by atoms with Crippen molar-refractivity contribution in [3.8, 4) is 0 Å². The maximum atomic E-state index is 12.8. The maximum Gasteiger partial charge on any atom is 0.334 e. The second kappa shape index (κ2) is 6.39. The average Bonchev–Trinajstić information content (AvgIpc) is 2.93. The Morgan fingerprint density at radius 2 is 2.17 bits per heavy atom. The normalized spacial score (nSPS) is 18.3. The highest BCUT2D eigenvalue weighted by atomic mass is 16.5. The van der Waals surface area contributed by atoms with Gasteiger partial charge in [0.2, 0.25) is 0 Å². The summed E-state index contributed by atoms with van der Waals surface area (Å²) < 4.78 is 16.0. The van der Waals surface area contributed by atoms with Gasteiger partial charge in [-0.25, -0.2) is 4.79 Å². The molecule has 2 aromatic rings. The zero-order chi connectivity index (χ0) is 16.4. The van der Waals surface area contributed by atoms with E-state index in [1.54, 1.807) is 13.2 Å². The largest absolute Gasteiger partial charge is 0.479 e. The summed E-state index contributed by atoms with van der Waals surface area (Å²) in [6.07, 6.45) is -1.01. The second-order valence-electron chi connectivity index (χ2n) is 5.29. The predicted octanol–water partition coefficient (Wildman–Crippen LogP) is 1.50. The summed E-state index contributed by atoms with van der Waals surface area (Å²) in [7, 11) is 1.55. The average molecular weight is 319 g/mol. The van der Waals surface area contributed by atoms with Crippen molar-refractivity contribution in [3.63, 3.8) is 0 Å². The van der Waals surface area contributed by atoms with E-state index >= 15 is 0 Å². The minimum atomic E-state index is -1.08. The molecule has 7 heteroatoms. The number of carbonyl (C=O) groups excluding carboxylic acids is 1. The third-order valence-electron chi connectivity index (χ3n) is 3.81. The summed E-state index contributed by atoms with van der Waals surface area (Å²) in [5, 5.41) is 9.88. The van der Waals surface area contributed by atoms with Gasteiger partial charge in [0, 0.05) is 24.6 Å². The van der Waals surface area contributed by atoms with E-state index in [1.165, 1.54) is 4.90 Å². The van der Waals surface area contributed by atoms with Crippen LogP contribution < -0.4 is 0 Å². The van der Waals surface area contributed by atoms with Gasteiger partial charge in [0.1, 0.15) is 5.58 Å². The molecule has 0 radical (unpaired) electrons. The van der Waals surface area contributed by atoms with Gasteiger partial charge >= 0.3 is 5.97 Å². The minimum absolute atomic E-state index is 0.00235. The lowest BCUT2D eigenvalue weighted by Crippen LogP contribution is -2.48. The van der Waals surface area contributed by atoms with Gasteiger partial charge in [-0.1, -0.05) is 18.2 Å². The summed E-state index contributed by atoms with van der Waals surface area (Å²) in [5.74, 6) is -1.23. The van der Waals surface area contributed by atoms with Gasteiger partial charge in [0.25, 0.3) is 5.91 Å². The second-order valence-corrected chi connectivity index (χ2v) is 5.29. The number of fused-ring (bicyclic) bond motifs is 1. The third kappa shape index (κ3) is 2.93. The molecule has 1 aliphatic rings. The molecule has 1 unspecified atom stereocenters. The first-order valence-corrected chi connectivity index (χ1v) is 7.25. The van der Waals surface area contributed by atoms with Crippen LogP contribution in [0, 0.1) is 0 Å². The molecule has 1 aromatic heterocycles. The highest BCUT2D eigenvalue weighted by molar-refractivity contribution is 5.99. The van der Waals surface area contributed by atoms with Gasteiger partial charge in [-0.3, -0.25) is 4.79 Å². The number of aliphatic carboxylic acids is 1. The Morgan fingerprint density at radius 1 is 1.39 bits per heavy atom. The first-order valence-electron chi connectivity index (χ1n) is 7.25. The number of furan rings is 1. The van der Waals surface area contributed by atoms with Crippen LogP contribution in [0.2, 0.25) is 0 Å². The van der Waals surface area contributed by atoms with Crippen molar-refractivity contribution in [3.05, 3.63) is 35.6 Å². The van der Waals surface area contributed by atoms with Crippen molar-refractivity contribution < 1.29 is 28.6 Å². The molecular weight excluding hydrogens is 302 g/mol. The number of carbonyl (C=O) groups is 2. The number of para-hydroxylation sites is 1. The van der Waals surface area contributed by atoms with Crippen LogP contribution in [0.25, 0.3) is 11.0 Å². The van der Waals surface area contributed by atoms with Gasteiger partial charge in [0.05, 0.1) is 19.8 Å². The van der Waals surface area contributed by atoms with E-state index in [0.717, 1.165) is 5.39 Å². The van der Waals surface area contributed by atoms with Crippen molar-refractivity contribution in [2.75, 3.05) is 26.8 Å². The molecule has 1 aromatic carbocycles. The number of carboxylic acids is 1. The molecule has 1 atom stereocenters. The number of carboxylic acid groups (broad SMARTS) is 1. The number of morpholine rings is 1. The zero-order valence-electron chi connectivity index (χ0n) is 12.7. The number of hydrogen-bond donors (Lipinski definition) is 1. The number of ether oxygens (including phenoxy) is 2. The summed E-state index contributed by atoms with van der Waals surface area (Å²) >= 11 is 0. The molecule has 1 N–H and O–H groups in total. The summed E-state index contributed by atoms with van der Waals surface area (Å²) in [6.45, 7) is 0.747. The lowest BCUT2D eigenvalue weighted by molar-refractivity contribution is -0.154. The number of benzene rings is 1. The fourth-order valence-corrected chi connectivity index (χ4v) is 2.69. The van der Waals surface area contributed by atoms with Crippen LogP contribution in [0.3, 0.4) is 0 Å². The monoisotopic (exact) mass is 319 g/mol. The summed E-state index contributed by atoms with van der Waals surface area (Å²) in [5.41, 5.74) is 1.28. The Balaban J connectivity index is 1.94. The molecule has 1 aliphatic heterocycles. The van der Waals surface area contributed by atoms with E-state index in [1.807, 2.05) is 18.2 Å². The molecule has 1 amide bonds. The third-order valence-corrected chi connectivity index (χ3v) is 3.81. The van der Waals surface area contributed by atoms with Crippen LogP contribution in [-0.2, 0) is 20.9 Å². The van der Waals surface area contributed by atoms with Crippen LogP contribution >= 0.6 is 0 Å². The summed E-state index contributed by atoms with van der Waals surface area (Å²) in [6, 6.07) is 7.33. The predicted molar refractivity (Wildman–Crippen MR) is 80.2 cm³/mol. The number of rotatable bonds is 4. The van der Waals surface area contributed by atoms with E-state index in [-0.39, 0.29) is 31.4 Å². The number of amides is 1. The quantitative estimate of drug-likeness (QED) is 0.919. The van der Waals surface area contributed by atoms with Crippen LogP contribution in [0.4, 0.5) is 0 Å². The van der Waals surface area contributed by atoms with E-state index in [0.29, 0.717) is 17.7 Å². The molecule has 1 fully saturated rings. The lowest BCUT2D eigenvalue weighted by Gasteiger charge is -2.30. The molecule has 0 saturated carbocycles. The van der Waals surface area contributed by atoms with Gasteiger partial charge in [-0.2, -0.15) is 0 Å². The fourth-order valence-electron chi connectivity index (χ4n) is 2.69. The van der Waals surface area contributed by atoms with Crippen molar-refractivity contribution >= 4 is 22.8 Å². The Kier molecular flexibility index (Phi) is 4.31. The molecule has 23 heavy (non-hydrogen) atoms. The van der Waals surface area contributed by atoms with Crippen LogP contribution in [0.15, 0.2) is 28.7 Å². The van der Waals surface area contributed by atoms with Crippen LogP contribution in [0.5, 0.6) is 0 Å².